The molecule has 3 aromatic carbocycles. The maximum absolute atomic E-state index is 6.62. The fourth-order valence-electron chi connectivity index (χ4n) is 3.39. The van der Waals surface area contributed by atoms with Crippen LogP contribution in [0.2, 0.25) is 0 Å². The molecule has 0 saturated heterocycles. The summed E-state index contributed by atoms with van der Waals surface area (Å²) >= 11 is 1.64. The van der Waals surface area contributed by atoms with Crippen molar-refractivity contribution >= 4 is 16.3 Å². The van der Waals surface area contributed by atoms with E-state index in [-0.39, 0.29) is 0 Å². The Hall–Kier alpha value is -2.92. The van der Waals surface area contributed by atoms with Crippen molar-refractivity contribution in [1.82, 2.24) is 5.43 Å². The Morgan fingerprint density at radius 3 is 1.57 bits per heavy atom. The second kappa shape index (κ2) is 8.85. The van der Waals surface area contributed by atoms with Crippen LogP contribution in [0, 0.1) is 0 Å². The van der Waals surface area contributed by atoms with E-state index in [2.05, 4.69) is 83.6 Å². The summed E-state index contributed by atoms with van der Waals surface area (Å²) in [6, 6.07) is 35.1. The lowest BCUT2D eigenvalue weighted by Crippen LogP contribution is -2.37. The van der Waals surface area contributed by atoms with Crippen molar-refractivity contribution in [3.05, 3.63) is 125 Å². The summed E-state index contributed by atoms with van der Waals surface area (Å²) in [4.78, 5) is 0. The number of hydrogen-bond acceptors (Lipinski definition) is 4. The molecule has 1 heterocycles. The van der Waals surface area contributed by atoms with Crippen molar-refractivity contribution in [2.24, 2.45) is 0 Å². The van der Waals surface area contributed by atoms with Gasteiger partial charge in [-0.3, -0.25) is 0 Å². The first-order chi connectivity index (χ1) is 13.9. The molecule has 4 aromatic rings. The van der Waals surface area contributed by atoms with Crippen LogP contribution in [0.25, 0.3) is 0 Å². The van der Waals surface area contributed by atoms with Crippen molar-refractivity contribution in [2.45, 2.75) is 5.60 Å². The number of benzene rings is 3. The van der Waals surface area contributed by atoms with Crippen LogP contribution in [-0.4, -0.2) is 6.73 Å². The van der Waals surface area contributed by atoms with Crippen LogP contribution in [0.5, 0.6) is 0 Å². The third-order valence-corrected chi connectivity index (χ3v) is 5.42. The molecule has 0 saturated carbocycles. The molecule has 1 aromatic heterocycles. The Morgan fingerprint density at radius 2 is 1.14 bits per heavy atom. The number of rotatable bonds is 8. The lowest BCUT2D eigenvalue weighted by Gasteiger charge is -2.36. The largest absolute Gasteiger partial charge is 0.344 e. The summed E-state index contributed by atoms with van der Waals surface area (Å²) in [6.07, 6.45) is 0. The summed E-state index contributed by atoms with van der Waals surface area (Å²) in [5.41, 5.74) is 8.94. The average molecular weight is 387 g/mol. The molecular weight excluding hydrogens is 364 g/mol. The second-order valence-electron chi connectivity index (χ2n) is 6.35. The maximum Gasteiger partial charge on any atom is 0.145 e. The van der Waals surface area contributed by atoms with Gasteiger partial charge in [0.25, 0.3) is 0 Å². The molecular formula is C24H22N2OS. The highest BCUT2D eigenvalue weighted by Crippen LogP contribution is 2.40. The van der Waals surface area contributed by atoms with E-state index < -0.39 is 5.60 Å². The summed E-state index contributed by atoms with van der Waals surface area (Å²) in [5, 5.41) is 3.08. The van der Waals surface area contributed by atoms with Gasteiger partial charge in [-0.25, -0.2) is 5.43 Å². The van der Waals surface area contributed by atoms with E-state index in [9.17, 15) is 0 Å². The van der Waals surface area contributed by atoms with Gasteiger partial charge in [-0.15, -0.1) is 11.3 Å². The van der Waals surface area contributed by atoms with Crippen molar-refractivity contribution < 1.29 is 4.74 Å². The van der Waals surface area contributed by atoms with Crippen molar-refractivity contribution in [3.8, 4) is 0 Å². The summed E-state index contributed by atoms with van der Waals surface area (Å²) in [7, 11) is 0. The number of nitrogens with one attached hydrogen (secondary N) is 2. The Labute approximate surface area is 169 Å². The zero-order valence-corrected chi connectivity index (χ0v) is 16.2. The van der Waals surface area contributed by atoms with Gasteiger partial charge in [0.1, 0.15) is 17.3 Å². The van der Waals surface area contributed by atoms with Crippen molar-refractivity contribution in [3.63, 3.8) is 0 Å². The molecule has 0 bridgehead atoms. The van der Waals surface area contributed by atoms with Crippen LogP contribution in [-0.2, 0) is 10.3 Å². The van der Waals surface area contributed by atoms with E-state index in [1.165, 1.54) is 0 Å². The first kappa shape index (κ1) is 18.4. The highest BCUT2D eigenvalue weighted by atomic mass is 32.1. The Bertz CT molecular complexity index is 861. The molecule has 3 nitrogen and oxygen atoms in total. The number of hydrazine groups is 1. The molecule has 0 unspecified atom stereocenters. The molecule has 28 heavy (non-hydrogen) atoms. The molecule has 0 spiro atoms. The molecule has 0 aliphatic carbocycles. The average Bonchev–Trinajstić information content (AvgIpc) is 3.30. The Balaban J connectivity index is 1.72. The highest BCUT2D eigenvalue weighted by molar-refractivity contribution is 7.14. The van der Waals surface area contributed by atoms with Gasteiger partial charge in [-0.2, -0.15) is 0 Å². The van der Waals surface area contributed by atoms with Crippen LogP contribution >= 0.6 is 11.3 Å². The van der Waals surface area contributed by atoms with Crippen molar-refractivity contribution in [2.75, 3.05) is 12.2 Å². The van der Waals surface area contributed by atoms with Crippen LogP contribution in [0.4, 0.5) is 5.00 Å². The minimum Gasteiger partial charge on any atom is -0.344 e. The van der Waals surface area contributed by atoms with E-state index in [0.29, 0.717) is 6.73 Å². The third kappa shape index (κ3) is 3.85. The number of thiophene rings is 1. The van der Waals surface area contributed by atoms with Crippen molar-refractivity contribution in [1.29, 1.82) is 0 Å². The van der Waals surface area contributed by atoms with E-state index in [4.69, 9.17) is 4.74 Å². The van der Waals surface area contributed by atoms with E-state index in [1.807, 2.05) is 35.7 Å². The third-order valence-electron chi connectivity index (χ3n) is 4.63. The minimum atomic E-state index is -0.714. The zero-order chi connectivity index (χ0) is 19.1. The van der Waals surface area contributed by atoms with Gasteiger partial charge in [0.2, 0.25) is 0 Å². The quantitative estimate of drug-likeness (QED) is 0.178. The number of ether oxygens (including phenoxy) is 1. The van der Waals surface area contributed by atoms with E-state index >= 15 is 0 Å². The topological polar surface area (TPSA) is 33.3 Å². The highest BCUT2D eigenvalue weighted by Gasteiger charge is 2.37. The molecule has 0 amide bonds. The van der Waals surface area contributed by atoms with Crippen LogP contribution < -0.4 is 10.9 Å². The lowest BCUT2D eigenvalue weighted by atomic mass is 9.80. The molecule has 2 N–H and O–H groups in total. The predicted molar refractivity (Wildman–Crippen MR) is 116 cm³/mol. The smallest absolute Gasteiger partial charge is 0.145 e. The van der Waals surface area contributed by atoms with Gasteiger partial charge in [0.05, 0.1) is 0 Å². The normalized spacial score (nSPS) is 11.3. The van der Waals surface area contributed by atoms with Crippen LogP contribution in [0.3, 0.4) is 0 Å². The van der Waals surface area contributed by atoms with Crippen LogP contribution in [0.15, 0.2) is 109 Å². The van der Waals surface area contributed by atoms with Gasteiger partial charge in [0, 0.05) is 0 Å². The van der Waals surface area contributed by atoms with Gasteiger partial charge in [0.15, 0.2) is 0 Å². The summed E-state index contributed by atoms with van der Waals surface area (Å²) < 4.78 is 6.62. The molecule has 0 atom stereocenters. The van der Waals surface area contributed by atoms with Gasteiger partial charge < -0.3 is 10.2 Å². The Morgan fingerprint density at radius 1 is 0.643 bits per heavy atom. The lowest BCUT2D eigenvalue weighted by molar-refractivity contribution is 0.00450. The predicted octanol–water partition coefficient (Wildman–Crippen LogP) is 5.63. The van der Waals surface area contributed by atoms with Gasteiger partial charge in [-0.1, -0.05) is 91.0 Å². The molecule has 140 valence electrons. The molecule has 4 rings (SSSR count). The standard InChI is InChI=1S/C24H22N2OS/c1-4-11-20(12-5-1)24(21-13-6-2-7-14-21,22-15-8-3-9-16-22)27-19-25-26-23-17-10-18-28-23/h1-18,25-26H,19H2. The molecule has 4 heteroatoms. The van der Waals surface area contributed by atoms with Gasteiger partial charge >= 0.3 is 0 Å². The summed E-state index contributed by atoms with van der Waals surface area (Å²) in [6.45, 7) is 0.330. The summed E-state index contributed by atoms with van der Waals surface area (Å²) in [5.74, 6) is 0. The van der Waals surface area contributed by atoms with Gasteiger partial charge in [-0.05, 0) is 34.2 Å². The fourth-order valence-corrected chi connectivity index (χ4v) is 3.98. The zero-order valence-electron chi connectivity index (χ0n) is 15.4. The molecule has 0 aliphatic rings. The first-order valence-corrected chi connectivity index (χ1v) is 10.1. The first-order valence-electron chi connectivity index (χ1n) is 9.22. The van der Waals surface area contributed by atoms with E-state index in [1.54, 1.807) is 11.3 Å². The maximum atomic E-state index is 6.62. The fraction of sp³-hybridized carbons (Fsp3) is 0.0833. The second-order valence-corrected chi connectivity index (χ2v) is 7.29. The number of hydrogen-bond donors (Lipinski definition) is 2. The van der Waals surface area contributed by atoms with E-state index in [0.717, 1.165) is 21.7 Å². The number of anilines is 1. The molecule has 0 fully saturated rings. The minimum absolute atomic E-state index is 0.330. The monoisotopic (exact) mass is 386 g/mol. The molecule has 0 aliphatic heterocycles. The van der Waals surface area contributed by atoms with Crippen LogP contribution in [0.1, 0.15) is 16.7 Å². The molecule has 0 radical (unpaired) electrons. The Kier molecular flexibility index (Phi) is 5.83. The SMILES string of the molecule is c1ccc(C(OCNNc2cccs2)(c2ccccc2)c2ccccc2)cc1.